The van der Waals surface area contributed by atoms with Gasteiger partial charge in [-0.15, -0.1) is 0 Å². The molecule has 0 bridgehead atoms. The van der Waals surface area contributed by atoms with Gasteiger partial charge in [-0.3, -0.25) is 9.59 Å². The Balaban J connectivity index is 1.23. The highest BCUT2D eigenvalue weighted by Crippen LogP contribution is 2.27. The second-order valence-electron chi connectivity index (χ2n) is 10.0. The first-order valence-corrected chi connectivity index (χ1v) is 13.0. The number of aromatic nitrogens is 2. The molecule has 1 fully saturated rings. The number of piperidine rings is 1. The normalized spacial score (nSPS) is 19.4. The van der Waals surface area contributed by atoms with Crippen LogP contribution < -0.4 is 20.9 Å². The first-order valence-electron chi connectivity index (χ1n) is 13.0. The second kappa shape index (κ2) is 11.8. The summed E-state index contributed by atoms with van der Waals surface area (Å²) in [4.78, 5) is 44.7. The van der Waals surface area contributed by atoms with E-state index in [0.717, 1.165) is 0 Å². The van der Waals surface area contributed by atoms with Crippen LogP contribution in [-0.2, 0) is 27.3 Å². The molecule has 2 aliphatic heterocycles. The van der Waals surface area contributed by atoms with Crippen LogP contribution in [0.15, 0.2) is 41.2 Å². The largest absolute Gasteiger partial charge is 0.490 e. The lowest BCUT2D eigenvalue weighted by Gasteiger charge is -2.38. The number of pyridine rings is 2. The summed E-state index contributed by atoms with van der Waals surface area (Å²) in [6, 6.07) is 9.19. The number of H-pyrrole nitrogens is 1. The van der Waals surface area contributed by atoms with Crippen molar-refractivity contribution in [2.75, 3.05) is 38.1 Å². The Kier molecular flexibility index (Phi) is 8.22. The average molecular weight is 578 g/mol. The molecular weight excluding hydrogens is 550 g/mol. The topological polar surface area (TPSA) is 126 Å². The van der Waals surface area contributed by atoms with Gasteiger partial charge in [0, 0.05) is 44.2 Å². The summed E-state index contributed by atoms with van der Waals surface area (Å²) in [5.41, 5.74) is 1.12. The Bertz CT molecular complexity index is 1510. The number of carbonyl (C=O) groups excluding carboxylic acids is 2. The lowest BCUT2D eigenvalue weighted by molar-refractivity contribution is -0.209. The molecule has 3 N–H and O–H groups in total. The number of aromatic amines is 1. The molecular formula is C27H27F4N5O5. The van der Waals surface area contributed by atoms with Gasteiger partial charge in [0.15, 0.2) is 18.2 Å². The molecule has 1 saturated heterocycles. The number of anilines is 1. The number of fused-ring (bicyclic) bond motifs is 2. The molecule has 0 aliphatic carbocycles. The van der Waals surface area contributed by atoms with Crippen molar-refractivity contribution in [1.29, 1.82) is 0 Å². The zero-order valence-electron chi connectivity index (χ0n) is 21.7. The Labute approximate surface area is 231 Å². The third kappa shape index (κ3) is 7.00. The molecule has 218 valence electrons. The van der Waals surface area contributed by atoms with Gasteiger partial charge in [-0.05, 0) is 54.6 Å². The van der Waals surface area contributed by atoms with Gasteiger partial charge in [-0.1, -0.05) is 0 Å². The van der Waals surface area contributed by atoms with Crippen LogP contribution in [-0.4, -0.2) is 71.8 Å². The number of hydrogen-bond acceptors (Lipinski definition) is 8. The fourth-order valence-corrected chi connectivity index (χ4v) is 5.02. The standard InChI is InChI=1S/C27H27F4N5O5/c28-18-2-1-15-9-16(25(38)34-20(15)10-18)5-7-36-8-6-21(41-26(39)27(29,30)31)17(13-36)11-32-12-19-3-4-22-24(33-19)35-23(37)14-40-22/h1-4,9-10,17,21,32H,5-8,11-14H2,(H,34,38)(H,33,35,37)/t17-,21+/m1/s1. The lowest BCUT2D eigenvalue weighted by Crippen LogP contribution is -2.50. The lowest BCUT2D eigenvalue weighted by atomic mass is 9.93. The predicted molar refractivity (Wildman–Crippen MR) is 139 cm³/mol. The highest BCUT2D eigenvalue weighted by atomic mass is 19.4. The van der Waals surface area contributed by atoms with Crippen LogP contribution in [0, 0.1) is 11.7 Å². The van der Waals surface area contributed by atoms with Crippen molar-refractivity contribution in [2.45, 2.75) is 31.7 Å². The van der Waals surface area contributed by atoms with Crippen LogP contribution in [0.1, 0.15) is 17.7 Å². The van der Waals surface area contributed by atoms with Gasteiger partial charge in [0.25, 0.3) is 11.5 Å². The van der Waals surface area contributed by atoms with Crippen LogP contribution in [0.3, 0.4) is 0 Å². The molecule has 0 saturated carbocycles. The summed E-state index contributed by atoms with van der Waals surface area (Å²) in [7, 11) is 0. The number of esters is 1. The van der Waals surface area contributed by atoms with Gasteiger partial charge in [-0.25, -0.2) is 14.2 Å². The predicted octanol–water partition coefficient (Wildman–Crippen LogP) is 2.52. The molecule has 0 radical (unpaired) electrons. The minimum absolute atomic E-state index is 0.0995. The maximum Gasteiger partial charge on any atom is 0.490 e. The first-order chi connectivity index (χ1) is 19.5. The molecule has 41 heavy (non-hydrogen) atoms. The number of nitrogens with zero attached hydrogens (tertiary/aromatic N) is 2. The van der Waals surface area contributed by atoms with E-state index in [9.17, 15) is 31.9 Å². The van der Waals surface area contributed by atoms with Crippen molar-refractivity contribution >= 4 is 28.6 Å². The summed E-state index contributed by atoms with van der Waals surface area (Å²) >= 11 is 0. The van der Waals surface area contributed by atoms with Gasteiger partial charge in [-0.2, -0.15) is 13.2 Å². The number of alkyl halides is 3. The summed E-state index contributed by atoms with van der Waals surface area (Å²) < 4.78 is 62.4. The first kappa shape index (κ1) is 28.5. The summed E-state index contributed by atoms with van der Waals surface area (Å²) in [6.45, 7) is 1.49. The maximum absolute atomic E-state index is 13.5. The van der Waals surface area contributed by atoms with E-state index < -0.39 is 30.0 Å². The van der Waals surface area contributed by atoms with E-state index in [1.54, 1.807) is 24.3 Å². The van der Waals surface area contributed by atoms with E-state index in [1.165, 1.54) is 12.1 Å². The minimum atomic E-state index is -5.10. The molecule has 14 heteroatoms. The number of nitrogens with one attached hydrogen (secondary N) is 3. The van der Waals surface area contributed by atoms with Crippen LogP contribution in [0.2, 0.25) is 0 Å². The summed E-state index contributed by atoms with van der Waals surface area (Å²) in [5.74, 6) is -2.77. The molecule has 4 heterocycles. The molecule has 1 amide bonds. The van der Waals surface area contributed by atoms with Crippen molar-refractivity contribution in [3.8, 4) is 5.75 Å². The number of halogens is 4. The Morgan fingerprint density at radius 1 is 1.20 bits per heavy atom. The zero-order chi connectivity index (χ0) is 29.1. The van der Waals surface area contributed by atoms with Gasteiger partial charge >= 0.3 is 12.1 Å². The van der Waals surface area contributed by atoms with Crippen LogP contribution >= 0.6 is 0 Å². The summed E-state index contributed by atoms with van der Waals surface area (Å²) in [6.07, 6.45) is -5.52. The number of amides is 1. The van der Waals surface area contributed by atoms with Gasteiger partial charge < -0.3 is 30.0 Å². The van der Waals surface area contributed by atoms with E-state index >= 15 is 0 Å². The third-order valence-corrected chi connectivity index (χ3v) is 7.07. The fourth-order valence-electron chi connectivity index (χ4n) is 5.02. The van der Waals surface area contributed by atoms with Crippen LogP contribution in [0.4, 0.5) is 23.4 Å². The Morgan fingerprint density at radius 3 is 2.83 bits per heavy atom. The molecule has 5 rings (SSSR count). The molecule has 10 nitrogen and oxygen atoms in total. The van der Waals surface area contributed by atoms with E-state index in [-0.39, 0.29) is 43.4 Å². The van der Waals surface area contributed by atoms with Crippen molar-refractivity contribution in [1.82, 2.24) is 20.2 Å². The average Bonchev–Trinajstić information content (AvgIpc) is 2.92. The maximum atomic E-state index is 13.5. The monoisotopic (exact) mass is 577 g/mol. The smallest absolute Gasteiger partial charge is 0.480 e. The summed E-state index contributed by atoms with van der Waals surface area (Å²) in [5, 5.41) is 6.46. The molecule has 1 aromatic carbocycles. The SMILES string of the molecule is O=C1COc2ccc(CNC[C@@H]3CN(CCc4cc5ccc(F)cc5[nH]c4=O)CC[C@@H]3OC(=O)C(F)(F)F)nc2N1. The number of likely N-dealkylation sites (tertiary alicyclic amines) is 1. The number of benzene rings is 1. The van der Waals surface area contributed by atoms with Gasteiger partial charge in [0.05, 0.1) is 11.2 Å². The Hall–Kier alpha value is -4.04. The molecule has 2 aliphatic rings. The molecule has 0 unspecified atom stereocenters. The highest BCUT2D eigenvalue weighted by Gasteiger charge is 2.44. The van der Waals surface area contributed by atoms with E-state index in [4.69, 9.17) is 9.47 Å². The van der Waals surface area contributed by atoms with E-state index in [2.05, 4.69) is 20.6 Å². The quantitative estimate of drug-likeness (QED) is 0.276. The minimum Gasteiger partial charge on any atom is -0.480 e. The van der Waals surface area contributed by atoms with Crippen molar-refractivity contribution in [3.63, 3.8) is 0 Å². The van der Waals surface area contributed by atoms with E-state index in [0.29, 0.717) is 54.0 Å². The van der Waals surface area contributed by atoms with Gasteiger partial charge in [0.2, 0.25) is 0 Å². The molecule has 3 aromatic rings. The van der Waals surface area contributed by atoms with Crippen LogP contribution in [0.5, 0.6) is 5.75 Å². The second-order valence-corrected chi connectivity index (χ2v) is 10.0. The number of hydrogen-bond donors (Lipinski definition) is 3. The van der Waals surface area contributed by atoms with Crippen LogP contribution in [0.25, 0.3) is 10.9 Å². The highest BCUT2D eigenvalue weighted by molar-refractivity contribution is 5.94. The number of rotatable bonds is 8. The van der Waals surface area contributed by atoms with Crippen molar-refractivity contribution in [2.24, 2.45) is 5.92 Å². The van der Waals surface area contributed by atoms with Crippen molar-refractivity contribution < 1.29 is 36.6 Å². The third-order valence-electron chi connectivity index (χ3n) is 7.07. The zero-order valence-corrected chi connectivity index (χ0v) is 21.7. The fraction of sp³-hybridized carbons (Fsp3) is 0.407. The molecule has 0 spiro atoms. The number of ether oxygens (including phenoxy) is 2. The van der Waals surface area contributed by atoms with Crippen molar-refractivity contribution in [3.05, 3.63) is 63.8 Å². The molecule has 2 aromatic heterocycles. The Morgan fingerprint density at radius 2 is 2.02 bits per heavy atom. The van der Waals surface area contributed by atoms with Gasteiger partial charge in [0.1, 0.15) is 11.9 Å². The molecule has 2 atom stereocenters. The van der Waals surface area contributed by atoms with E-state index in [1.807, 2.05) is 4.90 Å². The number of carbonyl (C=O) groups is 2.